The van der Waals surface area contributed by atoms with Crippen molar-refractivity contribution in [1.82, 2.24) is 10.3 Å². The lowest BCUT2D eigenvalue weighted by atomic mass is 10.2. The number of pyridine rings is 1. The fraction of sp³-hybridized carbons (Fsp3) is 0.500. The number of nitrogens with one attached hydrogen (secondary N) is 1. The van der Waals surface area contributed by atoms with Crippen LogP contribution in [0.1, 0.15) is 30.1 Å². The molecule has 1 unspecified atom stereocenters. The van der Waals surface area contributed by atoms with Crippen LogP contribution < -0.4 is 10.1 Å². The summed E-state index contributed by atoms with van der Waals surface area (Å²) in [6, 6.07) is 1.62. The maximum atomic E-state index is 11.9. The predicted octanol–water partition coefficient (Wildman–Crippen LogP) is 2.23. The van der Waals surface area contributed by atoms with Crippen LogP contribution >= 0.6 is 11.6 Å². The number of hydrogen-bond donors (Lipinski definition) is 1. The Morgan fingerprint density at radius 2 is 2.41 bits per heavy atom. The van der Waals surface area contributed by atoms with E-state index in [1.165, 1.54) is 13.3 Å². The molecule has 0 aromatic carbocycles. The van der Waals surface area contributed by atoms with Crippen molar-refractivity contribution in [3.05, 3.63) is 24.0 Å². The number of hydrogen-bond acceptors (Lipinski definition) is 3. The van der Waals surface area contributed by atoms with Gasteiger partial charge in [-0.1, -0.05) is 13.3 Å². The van der Waals surface area contributed by atoms with Gasteiger partial charge in [0.2, 0.25) is 0 Å². The molecule has 5 heteroatoms. The van der Waals surface area contributed by atoms with Crippen LogP contribution in [0.25, 0.3) is 0 Å². The third-order valence-corrected chi connectivity index (χ3v) is 2.71. The number of alkyl halides is 1. The molecule has 94 valence electrons. The molecule has 0 aliphatic rings. The molecular weight excluding hydrogens is 240 g/mol. The number of carbonyl (C=O) groups is 1. The molecule has 1 heterocycles. The lowest BCUT2D eigenvalue weighted by molar-refractivity contribution is 0.0950. The molecular formula is C12H17ClN2O2. The van der Waals surface area contributed by atoms with Crippen LogP contribution in [0.3, 0.4) is 0 Å². The normalized spacial score (nSPS) is 11.9. The summed E-state index contributed by atoms with van der Waals surface area (Å²) in [5, 5.41) is 2.75. The summed E-state index contributed by atoms with van der Waals surface area (Å²) in [5.74, 6) is 0.276. The van der Waals surface area contributed by atoms with E-state index in [0.29, 0.717) is 17.9 Å². The van der Waals surface area contributed by atoms with E-state index < -0.39 is 0 Å². The van der Waals surface area contributed by atoms with Crippen molar-refractivity contribution in [2.75, 3.05) is 13.7 Å². The van der Waals surface area contributed by atoms with E-state index in [4.69, 9.17) is 16.3 Å². The van der Waals surface area contributed by atoms with E-state index in [-0.39, 0.29) is 11.3 Å². The van der Waals surface area contributed by atoms with Gasteiger partial charge in [0, 0.05) is 12.7 Å². The smallest absolute Gasteiger partial charge is 0.255 e. The fourth-order valence-electron chi connectivity index (χ4n) is 1.44. The molecule has 17 heavy (non-hydrogen) atoms. The van der Waals surface area contributed by atoms with Crippen molar-refractivity contribution >= 4 is 17.5 Å². The van der Waals surface area contributed by atoms with Gasteiger partial charge in [0.25, 0.3) is 5.91 Å². The Balaban J connectivity index is 2.58. The highest BCUT2D eigenvalue weighted by Crippen LogP contribution is 2.15. The quantitative estimate of drug-likeness (QED) is 0.794. The van der Waals surface area contributed by atoms with Crippen molar-refractivity contribution in [3.63, 3.8) is 0 Å². The summed E-state index contributed by atoms with van der Waals surface area (Å²) in [4.78, 5) is 15.7. The van der Waals surface area contributed by atoms with Gasteiger partial charge in [0.05, 0.1) is 24.2 Å². The molecule has 1 rings (SSSR count). The van der Waals surface area contributed by atoms with Crippen LogP contribution in [0.4, 0.5) is 0 Å². The van der Waals surface area contributed by atoms with Gasteiger partial charge in [0.15, 0.2) is 0 Å². The molecule has 1 N–H and O–H groups in total. The number of rotatable bonds is 6. The summed E-state index contributed by atoms with van der Waals surface area (Å²) >= 11 is 6.03. The second-order valence-electron chi connectivity index (χ2n) is 3.67. The lowest BCUT2D eigenvalue weighted by Crippen LogP contribution is -2.30. The summed E-state index contributed by atoms with van der Waals surface area (Å²) in [7, 11) is 1.51. The highest BCUT2D eigenvalue weighted by Gasteiger charge is 2.12. The van der Waals surface area contributed by atoms with Gasteiger partial charge in [-0.3, -0.25) is 9.78 Å². The summed E-state index contributed by atoms with van der Waals surface area (Å²) < 4.78 is 5.06. The molecule has 4 nitrogen and oxygen atoms in total. The van der Waals surface area contributed by atoms with E-state index in [0.717, 1.165) is 12.8 Å². The van der Waals surface area contributed by atoms with Gasteiger partial charge in [-0.15, -0.1) is 11.6 Å². The molecule has 1 aromatic rings. The van der Waals surface area contributed by atoms with Crippen molar-refractivity contribution < 1.29 is 9.53 Å². The van der Waals surface area contributed by atoms with Gasteiger partial charge in [0.1, 0.15) is 5.75 Å². The molecule has 0 aliphatic heterocycles. The largest absolute Gasteiger partial charge is 0.494 e. The first-order valence-electron chi connectivity index (χ1n) is 5.59. The topological polar surface area (TPSA) is 51.2 Å². The minimum atomic E-state index is -0.189. The van der Waals surface area contributed by atoms with Crippen LogP contribution in [0.15, 0.2) is 18.5 Å². The van der Waals surface area contributed by atoms with Crippen molar-refractivity contribution in [3.8, 4) is 5.75 Å². The Kier molecular flexibility index (Phi) is 5.77. The summed E-state index contributed by atoms with van der Waals surface area (Å²) in [6.45, 7) is 2.52. The van der Waals surface area contributed by atoms with Gasteiger partial charge in [-0.05, 0) is 12.5 Å². The van der Waals surface area contributed by atoms with Crippen LogP contribution in [0.5, 0.6) is 5.75 Å². The molecule has 0 aliphatic carbocycles. The number of aromatic nitrogens is 1. The number of ether oxygens (including phenoxy) is 1. The van der Waals surface area contributed by atoms with Crippen LogP contribution in [-0.2, 0) is 0 Å². The van der Waals surface area contributed by atoms with Crippen LogP contribution in [-0.4, -0.2) is 29.9 Å². The standard InChI is InChI=1S/C12H17ClN2O2/c1-3-4-9(13)7-15-12(16)10-5-6-14-8-11(10)17-2/h5-6,8-9H,3-4,7H2,1-2H3,(H,15,16). The average molecular weight is 257 g/mol. The van der Waals surface area contributed by atoms with Gasteiger partial charge in [-0.2, -0.15) is 0 Å². The second-order valence-corrected chi connectivity index (χ2v) is 4.29. The SMILES string of the molecule is CCCC(Cl)CNC(=O)c1ccncc1OC. The predicted molar refractivity (Wildman–Crippen MR) is 67.7 cm³/mol. The van der Waals surface area contributed by atoms with Crippen LogP contribution in [0, 0.1) is 0 Å². The van der Waals surface area contributed by atoms with Crippen molar-refractivity contribution in [2.45, 2.75) is 25.1 Å². The highest BCUT2D eigenvalue weighted by atomic mass is 35.5. The molecule has 1 aromatic heterocycles. The third kappa shape index (κ3) is 4.23. The maximum Gasteiger partial charge on any atom is 0.255 e. The first-order valence-corrected chi connectivity index (χ1v) is 6.03. The molecule has 0 saturated carbocycles. The number of halogens is 1. The van der Waals surface area contributed by atoms with E-state index in [2.05, 4.69) is 17.2 Å². The first-order chi connectivity index (χ1) is 8.19. The molecule has 1 atom stereocenters. The van der Waals surface area contributed by atoms with Gasteiger partial charge < -0.3 is 10.1 Å². The number of nitrogens with zero attached hydrogens (tertiary/aromatic N) is 1. The molecule has 0 radical (unpaired) electrons. The zero-order valence-corrected chi connectivity index (χ0v) is 10.8. The Morgan fingerprint density at radius 3 is 3.06 bits per heavy atom. The number of amides is 1. The summed E-state index contributed by atoms with van der Waals surface area (Å²) in [6.07, 6.45) is 4.96. The Hall–Kier alpha value is -1.29. The Bertz CT molecular complexity index is 371. The minimum absolute atomic E-state index is 0.0308. The van der Waals surface area contributed by atoms with Gasteiger partial charge >= 0.3 is 0 Å². The van der Waals surface area contributed by atoms with Crippen LogP contribution in [0.2, 0.25) is 0 Å². The van der Waals surface area contributed by atoms with E-state index in [9.17, 15) is 4.79 Å². The second kappa shape index (κ2) is 7.12. The van der Waals surface area contributed by atoms with Gasteiger partial charge in [-0.25, -0.2) is 0 Å². The molecule has 0 saturated heterocycles. The molecule has 0 spiro atoms. The number of carbonyl (C=O) groups excluding carboxylic acids is 1. The zero-order valence-electron chi connectivity index (χ0n) is 10.1. The first kappa shape index (κ1) is 13.8. The van der Waals surface area contributed by atoms with Crippen molar-refractivity contribution in [1.29, 1.82) is 0 Å². The average Bonchev–Trinajstić information content (AvgIpc) is 2.36. The molecule has 0 fully saturated rings. The highest BCUT2D eigenvalue weighted by molar-refractivity contribution is 6.20. The van der Waals surface area contributed by atoms with E-state index in [1.807, 2.05) is 0 Å². The number of methoxy groups -OCH3 is 1. The summed E-state index contributed by atoms with van der Waals surface area (Å²) in [5.41, 5.74) is 0.475. The lowest BCUT2D eigenvalue weighted by Gasteiger charge is -2.11. The maximum absolute atomic E-state index is 11.9. The molecule has 1 amide bonds. The zero-order chi connectivity index (χ0) is 12.7. The van der Waals surface area contributed by atoms with E-state index in [1.54, 1.807) is 12.3 Å². The van der Waals surface area contributed by atoms with Crippen molar-refractivity contribution in [2.24, 2.45) is 0 Å². The monoisotopic (exact) mass is 256 g/mol. The van der Waals surface area contributed by atoms with E-state index >= 15 is 0 Å². The fourth-order valence-corrected chi connectivity index (χ4v) is 1.74. The molecule has 0 bridgehead atoms. The third-order valence-electron chi connectivity index (χ3n) is 2.34. The Morgan fingerprint density at radius 1 is 1.65 bits per heavy atom. The Labute approximate surface area is 106 Å². The minimum Gasteiger partial charge on any atom is -0.494 e.